The van der Waals surface area contributed by atoms with E-state index >= 15 is 0 Å². The van der Waals surface area contributed by atoms with Gasteiger partial charge in [-0.2, -0.15) is 0 Å². The van der Waals surface area contributed by atoms with Crippen LogP contribution in [0.2, 0.25) is 0 Å². The summed E-state index contributed by atoms with van der Waals surface area (Å²) in [6.07, 6.45) is -0.649. The normalized spacial score (nSPS) is 16.3. The number of amides is 1. The molecule has 23 heavy (non-hydrogen) atoms. The summed E-state index contributed by atoms with van der Waals surface area (Å²) in [5.41, 5.74) is 3.03. The quantitative estimate of drug-likeness (QED) is 0.935. The van der Waals surface area contributed by atoms with Gasteiger partial charge in [0.15, 0.2) is 11.5 Å². The van der Waals surface area contributed by atoms with E-state index < -0.39 is 6.10 Å². The SMILES string of the molecule is Cc1cccc(C(C)C)c1NC(=O)[C@@H]1COc2ccccc2O1. The Hall–Kier alpha value is -2.49. The Labute approximate surface area is 136 Å². The zero-order chi connectivity index (χ0) is 16.4. The second-order valence-electron chi connectivity index (χ2n) is 6.05. The number of hydrogen-bond donors (Lipinski definition) is 1. The number of fused-ring (bicyclic) bond motifs is 1. The molecule has 1 N–H and O–H groups in total. The van der Waals surface area contributed by atoms with Crippen molar-refractivity contribution < 1.29 is 14.3 Å². The summed E-state index contributed by atoms with van der Waals surface area (Å²) in [5.74, 6) is 1.42. The number of anilines is 1. The van der Waals surface area contributed by atoms with Crippen molar-refractivity contribution in [2.45, 2.75) is 32.8 Å². The van der Waals surface area contributed by atoms with Crippen LogP contribution >= 0.6 is 0 Å². The maximum Gasteiger partial charge on any atom is 0.269 e. The molecule has 0 unspecified atom stereocenters. The zero-order valence-corrected chi connectivity index (χ0v) is 13.6. The van der Waals surface area contributed by atoms with E-state index in [1.807, 2.05) is 49.4 Å². The van der Waals surface area contributed by atoms with Gasteiger partial charge < -0.3 is 14.8 Å². The summed E-state index contributed by atoms with van der Waals surface area (Å²) in [4.78, 5) is 12.6. The number of ether oxygens (including phenoxy) is 2. The highest BCUT2D eigenvalue weighted by Gasteiger charge is 2.28. The van der Waals surface area contributed by atoms with E-state index in [0.29, 0.717) is 17.4 Å². The minimum atomic E-state index is -0.649. The van der Waals surface area contributed by atoms with Crippen LogP contribution in [0.15, 0.2) is 42.5 Å². The van der Waals surface area contributed by atoms with E-state index in [1.165, 1.54) is 0 Å². The van der Waals surface area contributed by atoms with Gasteiger partial charge in [-0.25, -0.2) is 0 Å². The lowest BCUT2D eigenvalue weighted by atomic mass is 9.98. The number of nitrogens with one attached hydrogen (secondary N) is 1. The highest BCUT2D eigenvalue weighted by Crippen LogP contribution is 2.32. The first-order valence-corrected chi connectivity index (χ1v) is 7.85. The standard InChI is InChI=1S/C19H21NO3/c1-12(2)14-8-6-7-13(3)18(14)20-19(21)17-11-22-15-9-4-5-10-16(15)23-17/h4-10,12,17H,11H2,1-3H3,(H,20,21)/t17-/m0/s1. The average molecular weight is 311 g/mol. The van der Waals surface area contributed by atoms with Crippen molar-refractivity contribution in [1.29, 1.82) is 0 Å². The molecule has 0 saturated carbocycles. The number of carbonyl (C=O) groups excluding carboxylic acids is 1. The summed E-state index contributed by atoms with van der Waals surface area (Å²) in [6.45, 7) is 6.43. The molecule has 1 aliphatic heterocycles. The van der Waals surface area contributed by atoms with Crippen LogP contribution in [0, 0.1) is 6.92 Å². The molecule has 2 aromatic rings. The lowest BCUT2D eigenvalue weighted by Crippen LogP contribution is -2.40. The van der Waals surface area contributed by atoms with Crippen molar-refractivity contribution in [3.05, 3.63) is 53.6 Å². The fourth-order valence-corrected chi connectivity index (χ4v) is 2.69. The Balaban J connectivity index is 1.79. The molecule has 0 saturated heterocycles. The summed E-state index contributed by atoms with van der Waals surface area (Å²) in [6, 6.07) is 13.4. The molecule has 4 nitrogen and oxygen atoms in total. The number of rotatable bonds is 3. The van der Waals surface area contributed by atoms with Crippen LogP contribution in [0.5, 0.6) is 11.5 Å². The molecule has 0 bridgehead atoms. The first kappa shape index (κ1) is 15.4. The van der Waals surface area contributed by atoms with Crippen LogP contribution in [0.25, 0.3) is 0 Å². The molecule has 0 fully saturated rings. The van der Waals surface area contributed by atoms with E-state index in [0.717, 1.165) is 16.8 Å². The molecule has 1 atom stereocenters. The monoisotopic (exact) mass is 311 g/mol. The van der Waals surface area contributed by atoms with Crippen LogP contribution in [0.3, 0.4) is 0 Å². The molecule has 1 aliphatic rings. The van der Waals surface area contributed by atoms with Crippen LogP contribution in [0.4, 0.5) is 5.69 Å². The third-order valence-electron chi connectivity index (χ3n) is 3.98. The van der Waals surface area contributed by atoms with Crippen LogP contribution in [-0.2, 0) is 4.79 Å². The number of carbonyl (C=O) groups is 1. The molecule has 4 heteroatoms. The van der Waals surface area contributed by atoms with Gasteiger partial charge in [0.25, 0.3) is 5.91 Å². The highest BCUT2D eigenvalue weighted by atomic mass is 16.6. The lowest BCUT2D eigenvalue weighted by Gasteiger charge is -2.26. The minimum absolute atomic E-state index is 0.185. The number of benzene rings is 2. The Morgan fingerprint density at radius 1 is 1.13 bits per heavy atom. The smallest absolute Gasteiger partial charge is 0.269 e. The van der Waals surface area contributed by atoms with Crippen molar-refractivity contribution in [3.8, 4) is 11.5 Å². The number of hydrogen-bond acceptors (Lipinski definition) is 3. The molecule has 1 amide bonds. The molecule has 3 rings (SSSR count). The summed E-state index contributed by atoms with van der Waals surface area (Å²) < 4.78 is 11.4. The van der Waals surface area contributed by atoms with Crippen LogP contribution in [0.1, 0.15) is 30.9 Å². The third-order valence-corrected chi connectivity index (χ3v) is 3.98. The Morgan fingerprint density at radius 2 is 1.87 bits per heavy atom. The van der Waals surface area contributed by atoms with Gasteiger partial charge in [-0.1, -0.05) is 44.2 Å². The summed E-state index contributed by atoms with van der Waals surface area (Å²) in [7, 11) is 0. The van der Waals surface area contributed by atoms with Gasteiger partial charge in [0.1, 0.15) is 6.61 Å². The predicted molar refractivity (Wildman–Crippen MR) is 90.3 cm³/mol. The average Bonchev–Trinajstić information content (AvgIpc) is 2.56. The van der Waals surface area contributed by atoms with Gasteiger partial charge in [0, 0.05) is 5.69 Å². The Bertz CT molecular complexity index is 724. The topological polar surface area (TPSA) is 47.6 Å². The van der Waals surface area contributed by atoms with Gasteiger partial charge in [-0.3, -0.25) is 4.79 Å². The van der Waals surface area contributed by atoms with E-state index in [4.69, 9.17) is 9.47 Å². The van der Waals surface area contributed by atoms with Crippen molar-refractivity contribution in [1.82, 2.24) is 0 Å². The Kier molecular flexibility index (Phi) is 4.24. The summed E-state index contributed by atoms with van der Waals surface area (Å²) >= 11 is 0. The molecule has 0 aliphatic carbocycles. The van der Waals surface area contributed by atoms with Crippen molar-refractivity contribution in [3.63, 3.8) is 0 Å². The van der Waals surface area contributed by atoms with Gasteiger partial charge >= 0.3 is 0 Å². The van der Waals surface area contributed by atoms with Gasteiger partial charge in [0.05, 0.1) is 0 Å². The molecule has 120 valence electrons. The second kappa shape index (κ2) is 6.32. The van der Waals surface area contributed by atoms with Crippen LogP contribution in [-0.4, -0.2) is 18.6 Å². The molecule has 0 spiro atoms. The van der Waals surface area contributed by atoms with Crippen molar-refractivity contribution >= 4 is 11.6 Å². The fourth-order valence-electron chi connectivity index (χ4n) is 2.69. The third kappa shape index (κ3) is 3.16. The van der Waals surface area contributed by atoms with E-state index in [1.54, 1.807) is 0 Å². The molecule has 1 heterocycles. The molecular formula is C19H21NO3. The predicted octanol–water partition coefficient (Wildman–Crippen LogP) is 3.90. The maximum absolute atomic E-state index is 12.6. The lowest BCUT2D eigenvalue weighted by molar-refractivity contribution is -0.125. The molecule has 0 aromatic heterocycles. The number of para-hydroxylation sites is 3. The molecular weight excluding hydrogens is 290 g/mol. The van der Waals surface area contributed by atoms with Crippen molar-refractivity contribution in [2.75, 3.05) is 11.9 Å². The van der Waals surface area contributed by atoms with Gasteiger partial charge in [-0.05, 0) is 36.1 Å². The first-order valence-electron chi connectivity index (χ1n) is 7.85. The zero-order valence-electron chi connectivity index (χ0n) is 13.6. The first-order chi connectivity index (χ1) is 11.1. The number of aryl methyl sites for hydroxylation is 1. The maximum atomic E-state index is 12.6. The second-order valence-corrected chi connectivity index (χ2v) is 6.05. The fraction of sp³-hybridized carbons (Fsp3) is 0.316. The van der Waals surface area contributed by atoms with Gasteiger partial charge in [0.2, 0.25) is 6.10 Å². The van der Waals surface area contributed by atoms with E-state index in [-0.39, 0.29) is 12.5 Å². The minimum Gasteiger partial charge on any atom is -0.485 e. The van der Waals surface area contributed by atoms with E-state index in [9.17, 15) is 4.79 Å². The largest absolute Gasteiger partial charge is 0.485 e. The molecule has 0 radical (unpaired) electrons. The van der Waals surface area contributed by atoms with Gasteiger partial charge in [-0.15, -0.1) is 0 Å². The van der Waals surface area contributed by atoms with Crippen molar-refractivity contribution in [2.24, 2.45) is 0 Å². The van der Waals surface area contributed by atoms with E-state index in [2.05, 4.69) is 19.2 Å². The molecule has 2 aromatic carbocycles. The summed E-state index contributed by atoms with van der Waals surface area (Å²) in [5, 5.41) is 3.02. The van der Waals surface area contributed by atoms with Crippen LogP contribution < -0.4 is 14.8 Å². The highest BCUT2D eigenvalue weighted by molar-refractivity contribution is 5.96. The Morgan fingerprint density at radius 3 is 2.61 bits per heavy atom.